The van der Waals surface area contributed by atoms with Crippen molar-refractivity contribution in [1.29, 1.82) is 0 Å². The van der Waals surface area contributed by atoms with Crippen molar-refractivity contribution in [3.05, 3.63) is 0 Å². The van der Waals surface area contributed by atoms with Crippen LogP contribution in [0.15, 0.2) is 0 Å². The van der Waals surface area contributed by atoms with Crippen molar-refractivity contribution in [2.45, 2.75) is 70.4 Å². The second kappa shape index (κ2) is 5.83. The molecule has 0 aromatic heterocycles. The number of hydrogen-bond acceptors (Lipinski definition) is 2. The maximum atomic E-state index is 12.4. The molecule has 0 bridgehead atoms. The Labute approximate surface area is 109 Å². The first-order valence-electron chi connectivity index (χ1n) is 6.84. The lowest BCUT2D eigenvalue weighted by Crippen LogP contribution is -2.48. The van der Waals surface area contributed by atoms with Crippen LogP contribution < -0.4 is 5.32 Å². The molecule has 17 heavy (non-hydrogen) atoms. The highest BCUT2D eigenvalue weighted by Crippen LogP contribution is 2.39. The SMILES string of the molecule is CNC1CCC(C(C)(C)C)CC1S(=O)C(C)C. The third-order valence-electron chi connectivity index (χ3n) is 4.15. The summed E-state index contributed by atoms with van der Waals surface area (Å²) in [5.41, 5.74) is 0.345. The summed E-state index contributed by atoms with van der Waals surface area (Å²) in [5.74, 6) is 0.708. The molecule has 0 heterocycles. The third-order valence-corrected chi connectivity index (χ3v) is 6.20. The quantitative estimate of drug-likeness (QED) is 0.844. The predicted octanol–water partition coefficient (Wildman–Crippen LogP) is 2.95. The van der Waals surface area contributed by atoms with Gasteiger partial charge < -0.3 is 5.32 Å². The van der Waals surface area contributed by atoms with E-state index in [0.29, 0.717) is 22.6 Å². The zero-order chi connectivity index (χ0) is 13.2. The maximum absolute atomic E-state index is 12.4. The highest BCUT2D eigenvalue weighted by Gasteiger charge is 2.38. The largest absolute Gasteiger partial charge is 0.316 e. The van der Waals surface area contributed by atoms with E-state index in [2.05, 4.69) is 39.9 Å². The molecule has 0 aromatic carbocycles. The predicted molar refractivity (Wildman–Crippen MR) is 76.7 cm³/mol. The minimum atomic E-state index is -0.706. The molecule has 1 saturated carbocycles. The standard InChI is InChI=1S/C14H29NOS/c1-10(2)17(16)13-9-11(14(3,4)5)7-8-12(13)15-6/h10-13,15H,7-9H2,1-6H3. The molecule has 2 nitrogen and oxygen atoms in total. The molecule has 0 amide bonds. The van der Waals surface area contributed by atoms with Gasteiger partial charge in [0.05, 0.1) is 5.25 Å². The summed E-state index contributed by atoms with van der Waals surface area (Å²) in [5, 5.41) is 3.97. The van der Waals surface area contributed by atoms with Crippen molar-refractivity contribution in [2.24, 2.45) is 11.3 Å². The zero-order valence-corrected chi connectivity index (χ0v) is 13.1. The Morgan fingerprint density at radius 1 is 1.24 bits per heavy atom. The van der Waals surface area contributed by atoms with Crippen LogP contribution in [0.4, 0.5) is 0 Å². The highest BCUT2D eigenvalue weighted by molar-refractivity contribution is 7.86. The van der Waals surface area contributed by atoms with Gasteiger partial charge in [0.15, 0.2) is 0 Å². The van der Waals surface area contributed by atoms with E-state index < -0.39 is 10.8 Å². The Morgan fingerprint density at radius 3 is 2.24 bits per heavy atom. The van der Waals surface area contributed by atoms with Gasteiger partial charge in [0.25, 0.3) is 0 Å². The molecule has 0 aliphatic heterocycles. The minimum absolute atomic E-state index is 0.273. The number of nitrogens with one attached hydrogen (secondary N) is 1. The van der Waals surface area contributed by atoms with E-state index >= 15 is 0 Å². The third kappa shape index (κ3) is 3.78. The maximum Gasteiger partial charge on any atom is 0.0506 e. The highest BCUT2D eigenvalue weighted by atomic mass is 32.2. The van der Waals surface area contributed by atoms with Gasteiger partial charge in [-0.15, -0.1) is 0 Å². The van der Waals surface area contributed by atoms with Crippen molar-refractivity contribution in [1.82, 2.24) is 5.32 Å². The van der Waals surface area contributed by atoms with Gasteiger partial charge in [-0.2, -0.15) is 0 Å². The fourth-order valence-corrected chi connectivity index (χ4v) is 4.57. The Hall–Kier alpha value is 0.110. The summed E-state index contributed by atoms with van der Waals surface area (Å²) >= 11 is 0. The molecular weight excluding hydrogens is 230 g/mol. The minimum Gasteiger partial charge on any atom is -0.316 e. The van der Waals surface area contributed by atoms with Crippen molar-refractivity contribution in [3.63, 3.8) is 0 Å². The van der Waals surface area contributed by atoms with Gasteiger partial charge in [0, 0.05) is 22.1 Å². The molecule has 4 unspecified atom stereocenters. The summed E-state index contributed by atoms with van der Waals surface area (Å²) in [6, 6.07) is 0.442. The van der Waals surface area contributed by atoms with Gasteiger partial charge in [0.2, 0.25) is 0 Å². The van der Waals surface area contributed by atoms with E-state index in [4.69, 9.17) is 0 Å². The molecule has 102 valence electrons. The summed E-state index contributed by atoms with van der Waals surface area (Å²) in [4.78, 5) is 0. The molecule has 3 heteroatoms. The fraction of sp³-hybridized carbons (Fsp3) is 1.00. The average Bonchev–Trinajstić information content (AvgIpc) is 2.25. The Bertz CT molecular complexity index is 270. The summed E-state index contributed by atoms with van der Waals surface area (Å²) < 4.78 is 12.4. The van der Waals surface area contributed by atoms with Gasteiger partial charge >= 0.3 is 0 Å². The van der Waals surface area contributed by atoms with E-state index in [1.807, 2.05) is 7.05 Å². The Morgan fingerprint density at radius 2 is 1.82 bits per heavy atom. The average molecular weight is 259 g/mol. The van der Waals surface area contributed by atoms with E-state index in [1.54, 1.807) is 0 Å². The molecule has 1 aliphatic carbocycles. The molecule has 0 radical (unpaired) electrons. The van der Waals surface area contributed by atoms with Gasteiger partial charge in [-0.25, -0.2) is 0 Å². The van der Waals surface area contributed by atoms with Crippen molar-refractivity contribution in [3.8, 4) is 0 Å². The van der Waals surface area contributed by atoms with Crippen molar-refractivity contribution < 1.29 is 4.21 Å². The molecular formula is C14H29NOS. The molecule has 4 atom stereocenters. The normalized spacial score (nSPS) is 32.8. The van der Waals surface area contributed by atoms with Crippen LogP contribution in [0, 0.1) is 11.3 Å². The van der Waals surface area contributed by atoms with Gasteiger partial charge in [-0.3, -0.25) is 4.21 Å². The molecule has 1 fully saturated rings. The van der Waals surface area contributed by atoms with E-state index in [0.717, 1.165) is 6.42 Å². The fourth-order valence-electron chi connectivity index (χ4n) is 2.85. The lowest BCUT2D eigenvalue weighted by Gasteiger charge is -2.41. The molecule has 0 saturated heterocycles. The van der Waals surface area contributed by atoms with Gasteiger partial charge in [-0.05, 0) is 37.6 Å². The van der Waals surface area contributed by atoms with Crippen LogP contribution in [0.3, 0.4) is 0 Å². The topological polar surface area (TPSA) is 29.1 Å². The van der Waals surface area contributed by atoms with Crippen LogP contribution in [0.2, 0.25) is 0 Å². The van der Waals surface area contributed by atoms with E-state index in [1.165, 1.54) is 12.8 Å². The van der Waals surface area contributed by atoms with Crippen LogP contribution in [0.1, 0.15) is 53.9 Å². The van der Waals surface area contributed by atoms with Crippen LogP contribution in [0.5, 0.6) is 0 Å². The van der Waals surface area contributed by atoms with Crippen molar-refractivity contribution in [2.75, 3.05) is 7.05 Å². The first-order valence-corrected chi connectivity index (χ1v) is 8.11. The van der Waals surface area contributed by atoms with Gasteiger partial charge in [0.1, 0.15) is 0 Å². The molecule has 0 spiro atoms. The Balaban J connectivity index is 2.79. The molecule has 1 N–H and O–H groups in total. The van der Waals surface area contributed by atoms with E-state index in [9.17, 15) is 4.21 Å². The first kappa shape index (κ1) is 15.2. The van der Waals surface area contributed by atoms with Crippen LogP contribution in [0.25, 0.3) is 0 Å². The van der Waals surface area contributed by atoms with Crippen LogP contribution in [-0.2, 0) is 10.8 Å². The first-order chi connectivity index (χ1) is 7.77. The Kier molecular flexibility index (Phi) is 5.21. The second-order valence-corrected chi connectivity index (χ2v) is 8.89. The number of rotatable bonds is 3. The zero-order valence-electron chi connectivity index (χ0n) is 12.2. The van der Waals surface area contributed by atoms with Crippen molar-refractivity contribution >= 4 is 10.8 Å². The summed E-state index contributed by atoms with van der Waals surface area (Å²) in [6.07, 6.45) is 3.54. The smallest absolute Gasteiger partial charge is 0.0506 e. The summed E-state index contributed by atoms with van der Waals surface area (Å²) in [6.45, 7) is 11.1. The lowest BCUT2D eigenvalue weighted by atomic mass is 9.71. The van der Waals surface area contributed by atoms with Crippen LogP contribution >= 0.6 is 0 Å². The molecule has 1 aliphatic rings. The number of hydrogen-bond donors (Lipinski definition) is 1. The molecule has 1 rings (SSSR count). The second-order valence-electron chi connectivity index (χ2n) is 6.69. The van der Waals surface area contributed by atoms with E-state index in [-0.39, 0.29) is 5.25 Å². The molecule has 0 aromatic rings. The lowest BCUT2D eigenvalue weighted by molar-refractivity contribution is 0.165. The monoisotopic (exact) mass is 259 g/mol. The van der Waals surface area contributed by atoms with Gasteiger partial charge in [-0.1, -0.05) is 34.6 Å². The van der Waals surface area contributed by atoms with Crippen LogP contribution in [-0.4, -0.2) is 27.8 Å². The summed E-state index contributed by atoms with van der Waals surface area (Å²) in [7, 11) is 1.30.